The van der Waals surface area contributed by atoms with Crippen molar-refractivity contribution in [3.8, 4) is 11.4 Å². The molecular formula is C13H14BrF2N3O2. The predicted molar refractivity (Wildman–Crippen MR) is 75.8 cm³/mol. The van der Waals surface area contributed by atoms with Crippen molar-refractivity contribution in [1.82, 2.24) is 15.0 Å². The molecule has 21 heavy (non-hydrogen) atoms. The van der Waals surface area contributed by atoms with Gasteiger partial charge in [0, 0.05) is 16.6 Å². The van der Waals surface area contributed by atoms with Gasteiger partial charge in [-0.15, -0.1) is 0 Å². The third kappa shape index (κ3) is 4.83. The van der Waals surface area contributed by atoms with E-state index in [4.69, 9.17) is 9.63 Å². The summed E-state index contributed by atoms with van der Waals surface area (Å²) in [7, 11) is 0. The average Bonchev–Trinajstić information content (AvgIpc) is 2.87. The summed E-state index contributed by atoms with van der Waals surface area (Å²) < 4.78 is 30.8. The Labute approximate surface area is 128 Å². The topological polar surface area (TPSA) is 62.4 Å². The van der Waals surface area contributed by atoms with Gasteiger partial charge >= 0.3 is 0 Å². The molecule has 0 radical (unpaired) electrons. The third-order valence-electron chi connectivity index (χ3n) is 2.72. The summed E-state index contributed by atoms with van der Waals surface area (Å²) in [6, 6.07) is 7.36. The van der Waals surface area contributed by atoms with E-state index in [1.54, 1.807) is 0 Å². The first-order valence-electron chi connectivity index (χ1n) is 6.28. The minimum Gasteiger partial charge on any atom is -0.395 e. The van der Waals surface area contributed by atoms with Crippen molar-refractivity contribution in [3.63, 3.8) is 0 Å². The molecule has 5 nitrogen and oxygen atoms in total. The van der Waals surface area contributed by atoms with Crippen LogP contribution in [0.1, 0.15) is 5.89 Å². The molecule has 1 aromatic carbocycles. The van der Waals surface area contributed by atoms with Gasteiger partial charge in [-0.05, 0) is 12.1 Å². The first-order chi connectivity index (χ1) is 10.1. The van der Waals surface area contributed by atoms with Gasteiger partial charge in [0.2, 0.25) is 11.7 Å². The molecule has 1 aromatic heterocycles. The molecule has 0 bridgehead atoms. The van der Waals surface area contributed by atoms with Gasteiger partial charge in [0.05, 0.1) is 19.7 Å². The van der Waals surface area contributed by atoms with Crippen molar-refractivity contribution < 1.29 is 18.4 Å². The van der Waals surface area contributed by atoms with Crippen LogP contribution in [0.4, 0.5) is 8.78 Å². The number of aromatic nitrogens is 2. The summed E-state index contributed by atoms with van der Waals surface area (Å²) >= 11 is 3.35. The van der Waals surface area contributed by atoms with E-state index < -0.39 is 13.0 Å². The van der Waals surface area contributed by atoms with Crippen molar-refractivity contribution in [1.29, 1.82) is 0 Å². The second-order valence-corrected chi connectivity index (χ2v) is 5.29. The Bertz CT molecular complexity index is 580. The highest BCUT2D eigenvalue weighted by molar-refractivity contribution is 9.10. The second-order valence-electron chi connectivity index (χ2n) is 4.37. The van der Waals surface area contributed by atoms with Crippen molar-refractivity contribution in [2.75, 3.05) is 19.7 Å². The van der Waals surface area contributed by atoms with E-state index in [1.165, 1.54) is 4.90 Å². The van der Waals surface area contributed by atoms with Crippen LogP contribution in [0.2, 0.25) is 0 Å². The third-order valence-corrected chi connectivity index (χ3v) is 3.22. The van der Waals surface area contributed by atoms with Crippen LogP contribution in [-0.2, 0) is 6.54 Å². The minimum atomic E-state index is -2.48. The van der Waals surface area contributed by atoms with Gasteiger partial charge in [0.1, 0.15) is 0 Å². The highest BCUT2D eigenvalue weighted by Gasteiger charge is 2.16. The molecule has 0 amide bonds. The molecule has 0 aliphatic heterocycles. The largest absolute Gasteiger partial charge is 0.395 e. The Morgan fingerprint density at radius 3 is 2.86 bits per heavy atom. The minimum absolute atomic E-state index is 0.0753. The quantitative estimate of drug-likeness (QED) is 0.820. The van der Waals surface area contributed by atoms with Crippen LogP contribution in [0, 0.1) is 0 Å². The van der Waals surface area contributed by atoms with Crippen LogP contribution in [0.15, 0.2) is 33.3 Å². The van der Waals surface area contributed by atoms with Gasteiger partial charge in [-0.2, -0.15) is 4.98 Å². The molecule has 1 heterocycles. The number of halogens is 3. The highest BCUT2D eigenvalue weighted by Crippen LogP contribution is 2.20. The summed E-state index contributed by atoms with van der Waals surface area (Å²) in [5, 5.41) is 12.7. The monoisotopic (exact) mass is 361 g/mol. The fourth-order valence-electron chi connectivity index (χ4n) is 1.83. The molecule has 0 fully saturated rings. The van der Waals surface area contributed by atoms with Gasteiger partial charge in [-0.25, -0.2) is 8.78 Å². The van der Waals surface area contributed by atoms with Crippen LogP contribution in [-0.4, -0.2) is 46.3 Å². The lowest BCUT2D eigenvalue weighted by atomic mass is 10.2. The van der Waals surface area contributed by atoms with E-state index in [0.29, 0.717) is 5.82 Å². The number of alkyl halides is 2. The van der Waals surface area contributed by atoms with Crippen LogP contribution in [0.3, 0.4) is 0 Å². The van der Waals surface area contributed by atoms with Crippen molar-refractivity contribution >= 4 is 15.9 Å². The number of aliphatic hydroxyl groups is 1. The number of hydrogen-bond donors (Lipinski definition) is 1. The van der Waals surface area contributed by atoms with Crippen LogP contribution < -0.4 is 0 Å². The molecule has 114 valence electrons. The SMILES string of the molecule is OCCN(Cc1nc(-c2cccc(Br)c2)no1)CC(F)F. The molecule has 0 atom stereocenters. The predicted octanol–water partition coefficient (Wildman–Crippen LogP) is 2.56. The Kier molecular flexibility index (Phi) is 5.77. The smallest absolute Gasteiger partial charge is 0.251 e. The zero-order valence-electron chi connectivity index (χ0n) is 11.0. The number of aliphatic hydroxyl groups excluding tert-OH is 1. The first-order valence-corrected chi connectivity index (χ1v) is 7.07. The zero-order valence-corrected chi connectivity index (χ0v) is 12.6. The number of rotatable bonds is 7. The van der Waals surface area contributed by atoms with Crippen molar-refractivity contribution in [3.05, 3.63) is 34.6 Å². The van der Waals surface area contributed by atoms with E-state index in [0.717, 1.165) is 10.0 Å². The molecule has 2 rings (SSSR count). The Morgan fingerprint density at radius 2 is 2.19 bits per heavy atom. The molecule has 0 spiro atoms. The molecule has 0 saturated carbocycles. The summed E-state index contributed by atoms with van der Waals surface area (Å²) in [4.78, 5) is 5.55. The van der Waals surface area contributed by atoms with Crippen molar-refractivity contribution in [2.24, 2.45) is 0 Å². The maximum Gasteiger partial charge on any atom is 0.251 e. The Balaban J connectivity index is 2.08. The maximum absolute atomic E-state index is 12.4. The Morgan fingerprint density at radius 1 is 1.38 bits per heavy atom. The van der Waals surface area contributed by atoms with Gasteiger partial charge in [-0.1, -0.05) is 33.2 Å². The second kappa shape index (κ2) is 7.58. The number of nitrogens with zero attached hydrogens (tertiary/aromatic N) is 3. The van der Waals surface area contributed by atoms with E-state index >= 15 is 0 Å². The molecule has 2 aromatic rings. The summed E-state index contributed by atoms with van der Waals surface area (Å²) in [5.74, 6) is 0.631. The Hall–Kier alpha value is -1.38. The van der Waals surface area contributed by atoms with E-state index in [-0.39, 0.29) is 25.6 Å². The maximum atomic E-state index is 12.4. The zero-order chi connectivity index (χ0) is 15.2. The van der Waals surface area contributed by atoms with Gasteiger partial charge in [0.25, 0.3) is 6.43 Å². The summed E-state index contributed by atoms with van der Waals surface area (Å²) in [6.45, 7) is -0.459. The lowest BCUT2D eigenvalue weighted by molar-refractivity contribution is 0.0692. The fourth-order valence-corrected chi connectivity index (χ4v) is 2.23. The lowest BCUT2D eigenvalue weighted by Gasteiger charge is -2.18. The molecule has 0 saturated heterocycles. The summed E-state index contributed by atoms with van der Waals surface area (Å²) in [6.07, 6.45) is -2.48. The lowest BCUT2D eigenvalue weighted by Crippen LogP contribution is -2.31. The summed E-state index contributed by atoms with van der Waals surface area (Å²) in [5.41, 5.74) is 0.766. The van der Waals surface area contributed by atoms with Gasteiger partial charge < -0.3 is 9.63 Å². The first kappa shape index (κ1) is 16.0. The molecule has 0 unspecified atom stereocenters. The normalized spacial score (nSPS) is 11.5. The van der Waals surface area contributed by atoms with Crippen LogP contribution >= 0.6 is 15.9 Å². The van der Waals surface area contributed by atoms with Gasteiger partial charge in [-0.3, -0.25) is 4.90 Å². The van der Waals surface area contributed by atoms with Crippen LogP contribution in [0.5, 0.6) is 0 Å². The average molecular weight is 362 g/mol. The van der Waals surface area contributed by atoms with Crippen molar-refractivity contribution in [2.45, 2.75) is 13.0 Å². The number of benzene rings is 1. The van der Waals surface area contributed by atoms with E-state index in [2.05, 4.69) is 26.1 Å². The van der Waals surface area contributed by atoms with Gasteiger partial charge in [0.15, 0.2) is 0 Å². The molecule has 0 aliphatic carbocycles. The molecular weight excluding hydrogens is 348 g/mol. The number of hydrogen-bond acceptors (Lipinski definition) is 5. The van der Waals surface area contributed by atoms with Crippen LogP contribution in [0.25, 0.3) is 11.4 Å². The molecule has 0 aliphatic rings. The van der Waals surface area contributed by atoms with E-state index in [1.807, 2.05) is 24.3 Å². The standard InChI is InChI=1S/C13H14BrF2N3O2/c14-10-3-1-2-9(6-10)13-17-12(21-18-13)8-19(4-5-20)7-11(15)16/h1-3,6,11,20H,4-5,7-8H2. The van der Waals surface area contributed by atoms with E-state index in [9.17, 15) is 8.78 Å². The highest BCUT2D eigenvalue weighted by atomic mass is 79.9. The molecule has 1 N–H and O–H groups in total. The molecule has 8 heteroatoms. The fraction of sp³-hybridized carbons (Fsp3) is 0.385.